The van der Waals surface area contributed by atoms with Gasteiger partial charge in [-0.25, -0.2) is 13.2 Å². The van der Waals surface area contributed by atoms with E-state index < -0.39 is 11.6 Å². The molecular formula is C16H16F3NS. The predicted molar refractivity (Wildman–Crippen MR) is 79.9 cm³/mol. The Morgan fingerprint density at radius 2 is 1.71 bits per heavy atom. The second-order valence-electron chi connectivity index (χ2n) is 4.58. The van der Waals surface area contributed by atoms with Crippen molar-refractivity contribution in [3.8, 4) is 0 Å². The molecular weight excluding hydrogens is 295 g/mol. The Hall–Kier alpha value is -1.46. The van der Waals surface area contributed by atoms with Crippen LogP contribution in [0.25, 0.3) is 0 Å². The highest BCUT2D eigenvalue weighted by molar-refractivity contribution is 7.99. The van der Waals surface area contributed by atoms with Crippen molar-refractivity contribution >= 4 is 11.8 Å². The van der Waals surface area contributed by atoms with Gasteiger partial charge in [-0.3, -0.25) is 0 Å². The molecule has 0 bridgehead atoms. The van der Waals surface area contributed by atoms with E-state index in [0.29, 0.717) is 17.9 Å². The molecule has 0 aliphatic rings. The molecule has 2 aromatic rings. The molecule has 112 valence electrons. The van der Waals surface area contributed by atoms with E-state index in [-0.39, 0.29) is 11.9 Å². The van der Waals surface area contributed by atoms with Crippen molar-refractivity contribution in [2.75, 3.05) is 12.3 Å². The zero-order valence-corrected chi connectivity index (χ0v) is 12.4. The molecule has 0 aliphatic heterocycles. The fraction of sp³-hybridized carbons (Fsp3) is 0.250. The molecule has 0 saturated heterocycles. The lowest BCUT2D eigenvalue weighted by atomic mass is 10.1. The van der Waals surface area contributed by atoms with Crippen LogP contribution in [0.15, 0.2) is 47.4 Å². The average molecular weight is 311 g/mol. The second kappa shape index (κ2) is 7.52. The summed E-state index contributed by atoms with van der Waals surface area (Å²) < 4.78 is 39.8. The highest BCUT2D eigenvalue weighted by atomic mass is 32.2. The van der Waals surface area contributed by atoms with Crippen LogP contribution in [0.2, 0.25) is 0 Å². The Morgan fingerprint density at radius 3 is 2.33 bits per heavy atom. The number of thioether (sulfide) groups is 1. The summed E-state index contributed by atoms with van der Waals surface area (Å²) in [5.41, 5.74) is 0.554. The molecule has 0 aromatic heterocycles. The van der Waals surface area contributed by atoms with E-state index >= 15 is 0 Å². The molecule has 0 fully saturated rings. The lowest BCUT2D eigenvalue weighted by Gasteiger charge is -2.18. The first-order valence-electron chi connectivity index (χ1n) is 6.66. The zero-order valence-electron chi connectivity index (χ0n) is 11.6. The molecule has 5 heteroatoms. The van der Waals surface area contributed by atoms with E-state index in [1.165, 1.54) is 36.0 Å². The van der Waals surface area contributed by atoms with Gasteiger partial charge in [0.05, 0.1) is 0 Å². The van der Waals surface area contributed by atoms with Crippen molar-refractivity contribution in [3.05, 3.63) is 65.5 Å². The largest absolute Gasteiger partial charge is 0.309 e. The average Bonchev–Trinajstić information content (AvgIpc) is 2.42. The summed E-state index contributed by atoms with van der Waals surface area (Å²) >= 11 is 1.44. The van der Waals surface area contributed by atoms with Crippen LogP contribution in [0.5, 0.6) is 0 Å². The summed E-state index contributed by atoms with van der Waals surface area (Å²) in [6.45, 7) is 2.60. The molecule has 2 aromatic carbocycles. The fourth-order valence-electron chi connectivity index (χ4n) is 2.03. The van der Waals surface area contributed by atoms with E-state index in [4.69, 9.17) is 0 Å². The minimum absolute atomic E-state index is 0.200. The van der Waals surface area contributed by atoms with Crippen LogP contribution >= 0.6 is 11.8 Å². The minimum atomic E-state index is -0.594. The quantitative estimate of drug-likeness (QED) is 0.786. The predicted octanol–water partition coefficient (Wildman–Crippen LogP) is 4.55. The minimum Gasteiger partial charge on any atom is -0.309 e. The van der Waals surface area contributed by atoms with Gasteiger partial charge in [0.1, 0.15) is 17.5 Å². The number of hydrogen-bond donors (Lipinski definition) is 1. The third kappa shape index (κ3) is 4.79. The summed E-state index contributed by atoms with van der Waals surface area (Å²) in [5, 5.41) is 3.19. The maximum Gasteiger partial charge on any atom is 0.126 e. The van der Waals surface area contributed by atoms with Gasteiger partial charge in [0.2, 0.25) is 0 Å². The normalized spacial score (nSPS) is 12.4. The monoisotopic (exact) mass is 311 g/mol. The van der Waals surface area contributed by atoms with Crippen LogP contribution in [-0.2, 0) is 0 Å². The Bertz CT molecular complexity index is 584. The molecule has 1 N–H and O–H groups in total. The fourth-order valence-corrected chi connectivity index (χ4v) is 3.07. The molecule has 21 heavy (non-hydrogen) atoms. The third-order valence-electron chi connectivity index (χ3n) is 2.95. The Kier molecular flexibility index (Phi) is 5.70. The first kappa shape index (κ1) is 15.9. The Morgan fingerprint density at radius 1 is 1.00 bits per heavy atom. The van der Waals surface area contributed by atoms with E-state index in [1.807, 2.05) is 13.0 Å². The highest BCUT2D eigenvalue weighted by Gasteiger charge is 2.13. The van der Waals surface area contributed by atoms with Gasteiger partial charge in [-0.2, -0.15) is 0 Å². The lowest BCUT2D eigenvalue weighted by molar-refractivity contribution is 0.558. The molecule has 0 heterocycles. The molecule has 1 nitrogen and oxygen atoms in total. The van der Waals surface area contributed by atoms with Gasteiger partial charge in [0, 0.05) is 22.8 Å². The molecule has 0 amide bonds. The second-order valence-corrected chi connectivity index (χ2v) is 5.67. The van der Waals surface area contributed by atoms with E-state index in [2.05, 4.69) is 5.32 Å². The van der Waals surface area contributed by atoms with Crippen molar-refractivity contribution < 1.29 is 13.2 Å². The zero-order chi connectivity index (χ0) is 15.2. The first-order valence-corrected chi connectivity index (χ1v) is 7.65. The number of halogens is 3. The van der Waals surface area contributed by atoms with E-state index in [1.54, 1.807) is 6.07 Å². The molecule has 0 aliphatic carbocycles. The maximum absolute atomic E-state index is 13.3. The summed E-state index contributed by atoms with van der Waals surface area (Å²) in [5.74, 6) is -0.927. The van der Waals surface area contributed by atoms with Crippen LogP contribution in [0, 0.1) is 17.5 Å². The van der Waals surface area contributed by atoms with Gasteiger partial charge in [-0.05, 0) is 42.4 Å². The summed E-state index contributed by atoms with van der Waals surface area (Å²) in [4.78, 5) is 0.787. The Labute approximate surface area is 126 Å². The van der Waals surface area contributed by atoms with Gasteiger partial charge < -0.3 is 5.32 Å². The number of hydrogen-bond acceptors (Lipinski definition) is 2. The molecule has 0 saturated carbocycles. The maximum atomic E-state index is 13.3. The molecule has 1 unspecified atom stereocenters. The third-order valence-corrected chi connectivity index (χ3v) is 4.04. The molecule has 1 atom stereocenters. The van der Waals surface area contributed by atoms with Crippen LogP contribution in [-0.4, -0.2) is 12.3 Å². The smallest absolute Gasteiger partial charge is 0.126 e. The van der Waals surface area contributed by atoms with Gasteiger partial charge in [-0.1, -0.05) is 13.0 Å². The number of benzene rings is 2. The SMILES string of the molecule is CCNC(CSc1cccc(F)c1)c1cc(F)cc(F)c1. The number of rotatable bonds is 6. The summed E-state index contributed by atoms with van der Waals surface area (Å²) in [7, 11) is 0. The molecule has 0 radical (unpaired) electrons. The summed E-state index contributed by atoms with van der Waals surface area (Å²) in [6.07, 6.45) is 0. The van der Waals surface area contributed by atoms with Crippen LogP contribution in [0.1, 0.15) is 18.5 Å². The Balaban J connectivity index is 2.11. The lowest BCUT2D eigenvalue weighted by Crippen LogP contribution is -2.23. The van der Waals surface area contributed by atoms with Gasteiger partial charge in [0.15, 0.2) is 0 Å². The summed E-state index contributed by atoms with van der Waals surface area (Å²) in [6, 6.07) is 9.57. The molecule has 2 rings (SSSR count). The standard InChI is InChI=1S/C16H16F3NS/c1-2-20-16(11-6-13(18)8-14(19)7-11)10-21-15-5-3-4-12(17)9-15/h3-9,16,20H,2,10H2,1H3. The van der Waals surface area contributed by atoms with Crippen molar-refractivity contribution in [2.24, 2.45) is 0 Å². The molecule has 0 spiro atoms. The van der Waals surface area contributed by atoms with Crippen LogP contribution in [0.3, 0.4) is 0 Å². The number of nitrogens with one attached hydrogen (secondary N) is 1. The highest BCUT2D eigenvalue weighted by Crippen LogP contribution is 2.26. The van der Waals surface area contributed by atoms with Crippen molar-refractivity contribution in [1.82, 2.24) is 5.32 Å². The van der Waals surface area contributed by atoms with E-state index in [0.717, 1.165) is 11.0 Å². The van der Waals surface area contributed by atoms with Crippen LogP contribution in [0.4, 0.5) is 13.2 Å². The van der Waals surface area contributed by atoms with E-state index in [9.17, 15) is 13.2 Å². The van der Waals surface area contributed by atoms with Crippen LogP contribution < -0.4 is 5.32 Å². The topological polar surface area (TPSA) is 12.0 Å². The van der Waals surface area contributed by atoms with Gasteiger partial charge in [-0.15, -0.1) is 11.8 Å². The van der Waals surface area contributed by atoms with Crippen molar-refractivity contribution in [3.63, 3.8) is 0 Å². The van der Waals surface area contributed by atoms with Crippen molar-refractivity contribution in [2.45, 2.75) is 17.9 Å². The van der Waals surface area contributed by atoms with Gasteiger partial charge >= 0.3 is 0 Å². The van der Waals surface area contributed by atoms with Crippen molar-refractivity contribution in [1.29, 1.82) is 0 Å². The first-order chi connectivity index (χ1) is 10.1. The van der Waals surface area contributed by atoms with Gasteiger partial charge in [0.25, 0.3) is 0 Å².